The van der Waals surface area contributed by atoms with Crippen LogP contribution in [0.25, 0.3) is 0 Å². The first-order valence-electron chi connectivity index (χ1n) is 4.10. The molecule has 1 aromatic rings. The molecule has 15 heavy (non-hydrogen) atoms. The van der Waals surface area contributed by atoms with Crippen LogP contribution in [0.3, 0.4) is 0 Å². The molecular formula is C9H12Cl3NO2. The smallest absolute Gasteiger partial charge is 0.123 e. The van der Waals surface area contributed by atoms with Crippen molar-refractivity contribution in [1.29, 1.82) is 0 Å². The molecular weight excluding hydrogens is 260 g/mol. The second kappa shape index (κ2) is 6.40. The summed E-state index contributed by atoms with van der Waals surface area (Å²) in [5.41, 5.74) is 6.13. The number of hydrogen-bond donors (Lipinski definition) is 3. The van der Waals surface area contributed by atoms with Crippen molar-refractivity contribution in [3.8, 4) is 5.75 Å². The van der Waals surface area contributed by atoms with Crippen LogP contribution >= 0.6 is 35.6 Å². The van der Waals surface area contributed by atoms with Crippen LogP contribution in [0.1, 0.15) is 18.0 Å². The summed E-state index contributed by atoms with van der Waals surface area (Å²) >= 11 is 11.5. The van der Waals surface area contributed by atoms with E-state index in [-0.39, 0.29) is 24.8 Å². The Morgan fingerprint density at radius 1 is 1.33 bits per heavy atom. The highest BCUT2D eigenvalue weighted by Gasteiger charge is 2.15. The molecule has 0 saturated heterocycles. The van der Waals surface area contributed by atoms with Crippen molar-refractivity contribution in [3.63, 3.8) is 0 Å². The second-order valence-electron chi connectivity index (χ2n) is 2.94. The van der Waals surface area contributed by atoms with Gasteiger partial charge in [-0.05, 0) is 18.6 Å². The van der Waals surface area contributed by atoms with Crippen LogP contribution in [0, 0.1) is 0 Å². The summed E-state index contributed by atoms with van der Waals surface area (Å²) in [6.07, 6.45) is 0.342. The molecule has 0 bridgehead atoms. The molecule has 0 spiro atoms. The summed E-state index contributed by atoms with van der Waals surface area (Å²) in [7, 11) is 0. The number of rotatable bonds is 3. The predicted molar refractivity (Wildman–Crippen MR) is 64.0 cm³/mol. The minimum absolute atomic E-state index is 0. The van der Waals surface area contributed by atoms with Gasteiger partial charge >= 0.3 is 0 Å². The first-order valence-corrected chi connectivity index (χ1v) is 4.86. The first kappa shape index (κ1) is 14.8. The maximum Gasteiger partial charge on any atom is 0.123 e. The van der Waals surface area contributed by atoms with Crippen molar-refractivity contribution in [2.24, 2.45) is 5.73 Å². The average molecular weight is 273 g/mol. The molecule has 0 fully saturated rings. The summed E-state index contributed by atoms with van der Waals surface area (Å²) in [5.74, 6) is -0.0385. The van der Waals surface area contributed by atoms with Gasteiger partial charge in [-0.3, -0.25) is 0 Å². The number of phenolic OH excluding ortho intramolecular Hbond substituents is 1. The van der Waals surface area contributed by atoms with Gasteiger partial charge in [0.1, 0.15) is 5.75 Å². The number of hydrogen-bond acceptors (Lipinski definition) is 3. The lowest BCUT2D eigenvalue weighted by molar-refractivity contribution is 0.275. The van der Waals surface area contributed by atoms with Gasteiger partial charge in [0.25, 0.3) is 0 Å². The molecule has 4 N–H and O–H groups in total. The van der Waals surface area contributed by atoms with Crippen molar-refractivity contribution in [1.82, 2.24) is 0 Å². The van der Waals surface area contributed by atoms with E-state index in [1.807, 2.05) is 0 Å². The lowest BCUT2D eigenvalue weighted by Crippen LogP contribution is -2.12. The molecule has 3 nitrogen and oxygen atoms in total. The minimum Gasteiger partial charge on any atom is -0.508 e. The van der Waals surface area contributed by atoms with E-state index < -0.39 is 6.04 Å². The zero-order valence-electron chi connectivity index (χ0n) is 7.78. The van der Waals surface area contributed by atoms with Crippen LogP contribution in [0.4, 0.5) is 0 Å². The van der Waals surface area contributed by atoms with Crippen molar-refractivity contribution in [2.75, 3.05) is 6.61 Å². The molecule has 0 amide bonds. The fraction of sp³-hybridized carbons (Fsp3) is 0.333. The van der Waals surface area contributed by atoms with Crippen LogP contribution in [-0.2, 0) is 0 Å². The lowest BCUT2D eigenvalue weighted by Gasteiger charge is -2.14. The third kappa shape index (κ3) is 3.70. The van der Waals surface area contributed by atoms with Gasteiger partial charge in [-0.1, -0.05) is 23.2 Å². The number of aliphatic hydroxyl groups excluding tert-OH is 1. The van der Waals surface area contributed by atoms with Crippen molar-refractivity contribution in [3.05, 3.63) is 27.7 Å². The van der Waals surface area contributed by atoms with Gasteiger partial charge in [0.15, 0.2) is 0 Å². The van der Waals surface area contributed by atoms with Crippen molar-refractivity contribution < 1.29 is 10.2 Å². The predicted octanol–water partition coefficient (Wildman–Crippen LogP) is 2.50. The molecule has 0 heterocycles. The SMILES string of the molecule is Cl.N[C@H](CCO)c1c(O)cc(Cl)cc1Cl. The quantitative estimate of drug-likeness (QED) is 0.792. The van der Waals surface area contributed by atoms with E-state index in [9.17, 15) is 5.11 Å². The van der Waals surface area contributed by atoms with Gasteiger partial charge in [0, 0.05) is 23.2 Å². The van der Waals surface area contributed by atoms with Gasteiger partial charge in [0.2, 0.25) is 0 Å². The highest BCUT2D eigenvalue weighted by atomic mass is 35.5. The molecule has 1 atom stereocenters. The Balaban J connectivity index is 0.00000196. The van der Waals surface area contributed by atoms with Gasteiger partial charge in [-0.15, -0.1) is 12.4 Å². The van der Waals surface area contributed by atoms with Gasteiger partial charge in [-0.25, -0.2) is 0 Å². The third-order valence-corrected chi connectivity index (χ3v) is 2.41. The maximum absolute atomic E-state index is 9.54. The Morgan fingerprint density at radius 2 is 1.93 bits per heavy atom. The molecule has 0 saturated carbocycles. The standard InChI is InChI=1S/C9H11Cl2NO2.ClH/c10-5-3-6(11)9(8(14)4-5)7(12)1-2-13;/h3-4,7,13-14H,1-2,12H2;1H/t7-;/m1./s1. The van der Waals surface area contributed by atoms with E-state index in [2.05, 4.69) is 0 Å². The Morgan fingerprint density at radius 3 is 2.40 bits per heavy atom. The highest BCUT2D eigenvalue weighted by Crippen LogP contribution is 2.34. The summed E-state index contributed by atoms with van der Waals surface area (Å²) in [6, 6.07) is 2.40. The molecule has 0 unspecified atom stereocenters. The third-order valence-electron chi connectivity index (χ3n) is 1.88. The maximum atomic E-state index is 9.54. The van der Waals surface area contributed by atoms with E-state index in [4.69, 9.17) is 34.0 Å². The number of halogens is 3. The topological polar surface area (TPSA) is 66.5 Å². The molecule has 0 aliphatic carbocycles. The molecule has 0 radical (unpaired) electrons. The average Bonchev–Trinajstić information content (AvgIpc) is 2.01. The summed E-state index contributed by atoms with van der Waals surface area (Å²) in [6.45, 7) is -0.0560. The Kier molecular flexibility index (Phi) is 6.32. The zero-order chi connectivity index (χ0) is 10.7. The number of phenols is 1. The number of nitrogens with two attached hydrogens (primary N) is 1. The lowest BCUT2D eigenvalue weighted by atomic mass is 10.0. The van der Waals surface area contributed by atoms with Crippen LogP contribution in [0.2, 0.25) is 10.0 Å². The summed E-state index contributed by atoms with van der Waals surface area (Å²) < 4.78 is 0. The van der Waals surface area contributed by atoms with E-state index >= 15 is 0 Å². The number of benzene rings is 1. The number of aliphatic hydroxyl groups is 1. The molecule has 1 aromatic carbocycles. The van der Waals surface area contributed by atoms with Gasteiger partial charge in [-0.2, -0.15) is 0 Å². The van der Waals surface area contributed by atoms with Crippen molar-refractivity contribution >= 4 is 35.6 Å². The normalized spacial score (nSPS) is 12.0. The van der Waals surface area contributed by atoms with Gasteiger partial charge in [0.05, 0.1) is 5.02 Å². The zero-order valence-corrected chi connectivity index (χ0v) is 10.1. The molecule has 86 valence electrons. The Bertz CT molecular complexity index is 310. The summed E-state index contributed by atoms with van der Waals surface area (Å²) in [4.78, 5) is 0. The molecule has 1 rings (SSSR count). The molecule has 6 heteroatoms. The molecule has 0 aliphatic rings. The van der Waals surface area contributed by atoms with E-state index in [1.54, 1.807) is 0 Å². The largest absolute Gasteiger partial charge is 0.508 e. The van der Waals surface area contributed by atoms with E-state index in [1.165, 1.54) is 12.1 Å². The van der Waals surface area contributed by atoms with E-state index in [0.717, 1.165) is 0 Å². The fourth-order valence-corrected chi connectivity index (χ4v) is 1.84. The number of aromatic hydroxyl groups is 1. The summed E-state index contributed by atoms with van der Waals surface area (Å²) in [5, 5.41) is 18.9. The minimum atomic E-state index is -0.482. The van der Waals surface area contributed by atoms with Crippen LogP contribution in [0.15, 0.2) is 12.1 Å². The fourth-order valence-electron chi connectivity index (χ4n) is 1.22. The van der Waals surface area contributed by atoms with Crippen molar-refractivity contribution in [2.45, 2.75) is 12.5 Å². The Hall–Kier alpha value is -0.190. The van der Waals surface area contributed by atoms with Crippen LogP contribution in [-0.4, -0.2) is 16.8 Å². The second-order valence-corrected chi connectivity index (χ2v) is 3.78. The first-order chi connectivity index (χ1) is 6.56. The monoisotopic (exact) mass is 271 g/mol. The molecule has 0 aliphatic heterocycles. The van der Waals surface area contributed by atoms with Gasteiger partial charge < -0.3 is 15.9 Å². The molecule has 0 aromatic heterocycles. The van der Waals surface area contributed by atoms with Crippen LogP contribution < -0.4 is 5.73 Å². The van der Waals surface area contributed by atoms with E-state index in [0.29, 0.717) is 22.0 Å². The Labute approximate surface area is 104 Å². The highest BCUT2D eigenvalue weighted by molar-refractivity contribution is 6.35. The van der Waals surface area contributed by atoms with Crippen LogP contribution in [0.5, 0.6) is 5.75 Å².